The highest BCUT2D eigenvalue weighted by Crippen LogP contribution is 2.26. The number of anilines is 1. The second-order valence-electron chi connectivity index (χ2n) is 3.11. The molecule has 1 aromatic heterocycles. The molecule has 5 nitrogen and oxygen atoms in total. The van der Waals surface area contributed by atoms with E-state index in [9.17, 15) is 4.79 Å². The molecule has 1 heterocycles. The van der Waals surface area contributed by atoms with Gasteiger partial charge in [-0.15, -0.1) is 0 Å². The molecule has 0 fully saturated rings. The van der Waals surface area contributed by atoms with Crippen LogP contribution in [0.5, 0.6) is 5.88 Å². The van der Waals surface area contributed by atoms with Crippen LogP contribution in [0.25, 0.3) is 0 Å². The monoisotopic (exact) mass is 207 g/mol. The largest absolute Gasteiger partial charge is 0.481 e. The summed E-state index contributed by atoms with van der Waals surface area (Å²) in [6.45, 7) is 1.72. The van der Waals surface area contributed by atoms with E-state index in [0.717, 1.165) is 0 Å². The molecule has 0 aliphatic rings. The number of pyridine rings is 1. The Bertz CT molecular complexity index is 479. The summed E-state index contributed by atoms with van der Waals surface area (Å²) >= 11 is 0. The fourth-order valence-corrected chi connectivity index (χ4v) is 1.54. The molecule has 1 N–H and O–H groups in total. The molecule has 0 unspecified atom stereocenters. The summed E-state index contributed by atoms with van der Waals surface area (Å²) in [5.41, 5.74) is 1.07. The number of nitriles is 1. The van der Waals surface area contributed by atoms with E-state index in [1.54, 1.807) is 21.0 Å². The van der Waals surface area contributed by atoms with Gasteiger partial charge in [0.05, 0.1) is 12.8 Å². The molecular weight excluding hydrogens is 194 g/mol. The molecule has 0 atom stereocenters. The van der Waals surface area contributed by atoms with Crippen LogP contribution in [0.15, 0.2) is 4.79 Å². The zero-order chi connectivity index (χ0) is 11.6. The summed E-state index contributed by atoms with van der Waals surface area (Å²) < 4.78 is 6.44. The van der Waals surface area contributed by atoms with Gasteiger partial charge in [0, 0.05) is 19.7 Å². The van der Waals surface area contributed by atoms with E-state index < -0.39 is 0 Å². The molecule has 0 aromatic carbocycles. The van der Waals surface area contributed by atoms with Crippen molar-refractivity contribution in [3.05, 3.63) is 21.5 Å². The zero-order valence-corrected chi connectivity index (χ0v) is 9.21. The first kappa shape index (κ1) is 11.1. The van der Waals surface area contributed by atoms with Crippen molar-refractivity contribution in [2.75, 3.05) is 19.5 Å². The molecule has 1 aromatic rings. The van der Waals surface area contributed by atoms with Gasteiger partial charge >= 0.3 is 0 Å². The van der Waals surface area contributed by atoms with E-state index in [-0.39, 0.29) is 11.1 Å². The number of nitrogens with one attached hydrogen (secondary N) is 1. The molecule has 0 amide bonds. The van der Waals surface area contributed by atoms with Gasteiger partial charge in [0.2, 0.25) is 5.88 Å². The van der Waals surface area contributed by atoms with Gasteiger partial charge in [-0.1, -0.05) is 0 Å². The number of methoxy groups -OCH3 is 1. The van der Waals surface area contributed by atoms with E-state index in [1.165, 1.54) is 11.7 Å². The fourth-order valence-electron chi connectivity index (χ4n) is 1.54. The number of aromatic nitrogens is 1. The fraction of sp³-hybridized carbons (Fsp3) is 0.400. The van der Waals surface area contributed by atoms with Crippen molar-refractivity contribution in [2.24, 2.45) is 7.05 Å². The lowest BCUT2D eigenvalue weighted by Crippen LogP contribution is -2.23. The average molecular weight is 207 g/mol. The third-order valence-electron chi connectivity index (χ3n) is 2.34. The molecule has 0 saturated heterocycles. The second kappa shape index (κ2) is 4.05. The summed E-state index contributed by atoms with van der Waals surface area (Å²) in [5, 5.41) is 11.8. The van der Waals surface area contributed by atoms with E-state index in [0.29, 0.717) is 17.1 Å². The van der Waals surface area contributed by atoms with Crippen LogP contribution in [0.2, 0.25) is 0 Å². The van der Waals surface area contributed by atoms with Crippen LogP contribution in [0.1, 0.15) is 11.1 Å². The highest BCUT2D eigenvalue weighted by Gasteiger charge is 2.16. The van der Waals surface area contributed by atoms with Gasteiger partial charge in [0.25, 0.3) is 5.56 Å². The van der Waals surface area contributed by atoms with Crippen LogP contribution in [-0.2, 0) is 7.05 Å². The molecule has 0 radical (unpaired) electrons. The van der Waals surface area contributed by atoms with Crippen molar-refractivity contribution < 1.29 is 4.74 Å². The molecule has 0 saturated carbocycles. The van der Waals surface area contributed by atoms with Crippen LogP contribution < -0.4 is 15.6 Å². The third kappa shape index (κ3) is 1.54. The maximum atomic E-state index is 11.7. The third-order valence-corrected chi connectivity index (χ3v) is 2.34. The predicted molar refractivity (Wildman–Crippen MR) is 57.2 cm³/mol. The van der Waals surface area contributed by atoms with Crippen molar-refractivity contribution in [3.8, 4) is 11.9 Å². The van der Waals surface area contributed by atoms with E-state index in [4.69, 9.17) is 10.00 Å². The SMILES string of the molecule is CNc1c(C)c(C#N)c(=O)n(C)c1OC. The Balaban J connectivity index is 3.75. The van der Waals surface area contributed by atoms with Gasteiger partial charge in [0.1, 0.15) is 11.6 Å². The first-order valence-corrected chi connectivity index (χ1v) is 4.43. The minimum Gasteiger partial charge on any atom is -0.481 e. The molecule has 80 valence electrons. The Morgan fingerprint density at radius 2 is 2.13 bits per heavy atom. The summed E-state index contributed by atoms with van der Waals surface area (Å²) in [6, 6.07) is 1.90. The molecule has 0 spiro atoms. The van der Waals surface area contributed by atoms with E-state index >= 15 is 0 Å². The Morgan fingerprint density at radius 3 is 2.53 bits per heavy atom. The second-order valence-corrected chi connectivity index (χ2v) is 3.11. The van der Waals surface area contributed by atoms with Gasteiger partial charge in [-0.25, -0.2) is 0 Å². The minimum absolute atomic E-state index is 0.141. The molecule has 0 bridgehead atoms. The van der Waals surface area contributed by atoms with Crippen molar-refractivity contribution in [3.63, 3.8) is 0 Å². The Morgan fingerprint density at radius 1 is 1.53 bits per heavy atom. The maximum absolute atomic E-state index is 11.7. The molecule has 0 aliphatic heterocycles. The zero-order valence-electron chi connectivity index (χ0n) is 9.21. The van der Waals surface area contributed by atoms with Crippen LogP contribution in [0.3, 0.4) is 0 Å². The topological polar surface area (TPSA) is 67.0 Å². The highest BCUT2D eigenvalue weighted by molar-refractivity contribution is 5.63. The van der Waals surface area contributed by atoms with Crippen molar-refractivity contribution in [2.45, 2.75) is 6.92 Å². The first-order chi connectivity index (χ1) is 7.08. The van der Waals surface area contributed by atoms with Crippen molar-refractivity contribution in [1.82, 2.24) is 4.57 Å². The lowest BCUT2D eigenvalue weighted by molar-refractivity contribution is 0.377. The highest BCUT2D eigenvalue weighted by atomic mass is 16.5. The summed E-state index contributed by atoms with van der Waals surface area (Å²) in [6.07, 6.45) is 0. The standard InChI is InChI=1S/C10H13N3O2/c1-6-7(5-11)9(14)13(3)10(15-4)8(6)12-2/h12H,1-4H3. The van der Waals surface area contributed by atoms with E-state index in [2.05, 4.69) is 5.32 Å². The minimum atomic E-state index is -0.342. The van der Waals surface area contributed by atoms with Crippen molar-refractivity contribution >= 4 is 5.69 Å². The van der Waals surface area contributed by atoms with Crippen LogP contribution in [0, 0.1) is 18.3 Å². The van der Waals surface area contributed by atoms with Gasteiger partial charge < -0.3 is 10.1 Å². The molecule has 0 aliphatic carbocycles. The normalized spacial score (nSPS) is 9.53. The lowest BCUT2D eigenvalue weighted by atomic mass is 10.1. The average Bonchev–Trinajstić information content (AvgIpc) is 2.23. The van der Waals surface area contributed by atoms with Crippen LogP contribution >= 0.6 is 0 Å². The van der Waals surface area contributed by atoms with Crippen LogP contribution in [0.4, 0.5) is 5.69 Å². The van der Waals surface area contributed by atoms with Crippen LogP contribution in [-0.4, -0.2) is 18.7 Å². The number of rotatable bonds is 2. The van der Waals surface area contributed by atoms with Gasteiger partial charge in [-0.05, 0) is 6.92 Å². The number of nitrogens with zero attached hydrogens (tertiary/aromatic N) is 2. The van der Waals surface area contributed by atoms with Gasteiger partial charge in [-0.2, -0.15) is 5.26 Å². The van der Waals surface area contributed by atoms with Gasteiger partial charge in [-0.3, -0.25) is 9.36 Å². The number of hydrogen-bond acceptors (Lipinski definition) is 4. The summed E-state index contributed by atoms with van der Waals surface area (Å²) in [4.78, 5) is 11.7. The molecule has 15 heavy (non-hydrogen) atoms. The quantitative estimate of drug-likeness (QED) is 0.771. The smallest absolute Gasteiger partial charge is 0.271 e. The molecular formula is C10H13N3O2. The molecule has 5 heteroatoms. The lowest BCUT2D eigenvalue weighted by Gasteiger charge is -2.15. The Kier molecular flexibility index (Phi) is 3.00. The van der Waals surface area contributed by atoms with Crippen molar-refractivity contribution in [1.29, 1.82) is 5.26 Å². The molecule has 1 rings (SSSR count). The van der Waals surface area contributed by atoms with E-state index in [1.807, 2.05) is 6.07 Å². The maximum Gasteiger partial charge on any atom is 0.271 e. The number of ether oxygens (including phenoxy) is 1. The summed E-state index contributed by atoms with van der Waals surface area (Å²) in [7, 11) is 4.78. The van der Waals surface area contributed by atoms with Gasteiger partial charge in [0.15, 0.2) is 0 Å². The first-order valence-electron chi connectivity index (χ1n) is 4.43. The Labute approximate surface area is 87.9 Å². The predicted octanol–water partition coefficient (Wildman–Crippen LogP) is 0.616. The summed E-state index contributed by atoms with van der Waals surface area (Å²) in [5.74, 6) is 0.430. The Hall–Kier alpha value is -1.96. The number of hydrogen-bond donors (Lipinski definition) is 1.